The monoisotopic (exact) mass is 323 g/mol. The second-order valence-corrected chi connectivity index (χ2v) is 7.14. The van der Waals surface area contributed by atoms with Gasteiger partial charge >= 0.3 is 5.97 Å². The summed E-state index contributed by atoms with van der Waals surface area (Å²) in [5, 5.41) is 10.3. The van der Waals surface area contributed by atoms with E-state index in [2.05, 4.69) is 4.72 Å². The summed E-state index contributed by atoms with van der Waals surface area (Å²) in [5.41, 5.74) is 1.87. The van der Waals surface area contributed by atoms with Gasteiger partial charge in [-0.3, -0.25) is 4.72 Å². The number of hydrogen-bond acceptors (Lipinski definition) is 4. The van der Waals surface area contributed by atoms with Crippen LogP contribution in [0, 0.1) is 6.92 Å². The van der Waals surface area contributed by atoms with Crippen molar-refractivity contribution >= 4 is 39.1 Å². The summed E-state index contributed by atoms with van der Waals surface area (Å²) in [6, 6.07) is 8.19. The van der Waals surface area contributed by atoms with Gasteiger partial charge in [-0.2, -0.15) is 0 Å². The Morgan fingerprint density at radius 3 is 2.67 bits per heavy atom. The van der Waals surface area contributed by atoms with Crippen LogP contribution in [0.2, 0.25) is 0 Å². The highest BCUT2D eigenvalue weighted by Gasteiger charge is 2.15. The maximum absolute atomic E-state index is 12.1. The predicted molar refractivity (Wildman–Crippen MR) is 83.0 cm³/mol. The summed E-state index contributed by atoms with van der Waals surface area (Å²) in [4.78, 5) is 10.5. The van der Waals surface area contributed by atoms with Crippen molar-refractivity contribution in [2.24, 2.45) is 0 Å². The molecular weight excluding hydrogens is 310 g/mol. The Labute approximate surface area is 126 Å². The zero-order valence-electron chi connectivity index (χ0n) is 11.1. The molecule has 0 saturated heterocycles. The van der Waals surface area contributed by atoms with Crippen molar-refractivity contribution in [1.29, 1.82) is 0 Å². The summed E-state index contributed by atoms with van der Waals surface area (Å²) in [6.07, 6.45) is 2.48. The van der Waals surface area contributed by atoms with Crippen LogP contribution in [0.5, 0.6) is 0 Å². The molecule has 0 aliphatic carbocycles. The smallest absolute Gasteiger partial charge is 0.328 e. The van der Waals surface area contributed by atoms with Crippen LogP contribution < -0.4 is 4.72 Å². The molecule has 0 bridgehead atoms. The molecule has 2 rings (SSSR count). The Kier molecular flexibility index (Phi) is 4.44. The van der Waals surface area contributed by atoms with Crippen LogP contribution in [0.15, 0.2) is 46.0 Å². The first-order valence-corrected chi connectivity index (χ1v) is 8.33. The van der Waals surface area contributed by atoms with Crippen LogP contribution in [-0.2, 0) is 14.8 Å². The van der Waals surface area contributed by atoms with E-state index in [9.17, 15) is 13.2 Å². The topological polar surface area (TPSA) is 83.5 Å². The molecular formula is C14H13NO4S2. The van der Waals surface area contributed by atoms with E-state index < -0.39 is 16.0 Å². The van der Waals surface area contributed by atoms with Gasteiger partial charge in [0.1, 0.15) is 4.21 Å². The number of aryl methyl sites for hydroxylation is 1. The molecule has 0 unspecified atom stereocenters. The van der Waals surface area contributed by atoms with Gasteiger partial charge in [0.2, 0.25) is 0 Å². The number of carbonyl (C=O) groups is 1. The molecule has 110 valence electrons. The SMILES string of the molecule is Cc1cc(C=CC(=O)O)ccc1NS(=O)(=O)c1cccs1. The normalized spacial score (nSPS) is 11.7. The molecule has 1 aromatic carbocycles. The highest BCUT2D eigenvalue weighted by Crippen LogP contribution is 2.23. The van der Waals surface area contributed by atoms with Crippen molar-refractivity contribution in [2.75, 3.05) is 4.72 Å². The van der Waals surface area contributed by atoms with Crippen molar-refractivity contribution < 1.29 is 18.3 Å². The number of sulfonamides is 1. The minimum absolute atomic E-state index is 0.247. The van der Waals surface area contributed by atoms with E-state index in [0.717, 1.165) is 17.4 Å². The molecule has 0 amide bonds. The zero-order chi connectivity index (χ0) is 15.5. The van der Waals surface area contributed by atoms with E-state index in [1.165, 1.54) is 12.1 Å². The second kappa shape index (κ2) is 6.11. The van der Waals surface area contributed by atoms with Crippen LogP contribution in [0.3, 0.4) is 0 Å². The molecule has 0 aliphatic rings. The lowest BCUT2D eigenvalue weighted by Crippen LogP contribution is -2.12. The quantitative estimate of drug-likeness (QED) is 0.829. The number of carboxylic acid groups (broad SMARTS) is 1. The van der Waals surface area contributed by atoms with Gasteiger partial charge in [0.25, 0.3) is 10.0 Å². The molecule has 0 atom stereocenters. The first-order chi connectivity index (χ1) is 9.88. The molecule has 5 nitrogen and oxygen atoms in total. The van der Waals surface area contributed by atoms with Gasteiger partial charge in [-0.15, -0.1) is 11.3 Å². The van der Waals surface area contributed by atoms with Crippen LogP contribution >= 0.6 is 11.3 Å². The van der Waals surface area contributed by atoms with Gasteiger partial charge in [-0.05, 0) is 47.7 Å². The van der Waals surface area contributed by atoms with Gasteiger partial charge in [-0.1, -0.05) is 12.1 Å². The number of benzene rings is 1. The summed E-state index contributed by atoms with van der Waals surface area (Å²) >= 11 is 1.14. The number of aliphatic carboxylic acids is 1. The van der Waals surface area contributed by atoms with Crippen LogP contribution in [0.25, 0.3) is 6.08 Å². The Balaban J connectivity index is 2.24. The molecule has 0 aliphatic heterocycles. The van der Waals surface area contributed by atoms with Crippen molar-refractivity contribution in [3.8, 4) is 0 Å². The van der Waals surface area contributed by atoms with Gasteiger partial charge in [0, 0.05) is 6.08 Å². The number of carboxylic acids is 1. The third-order valence-electron chi connectivity index (χ3n) is 2.67. The highest BCUT2D eigenvalue weighted by molar-refractivity contribution is 7.94. The minimum atomic E-state index is -3.57. The fourth-order valence-corrected chi connectivity index (χ4v) is 3.81. The predicted octanol–water partition coefficient (Wildman–Crippen LogP) is 2.96. The minimum Gasteiger partial charge on any atom is -0.478 e. The van der Waals surface area contributed by atoms with E-state index in [4.69, 9.17) is 5.11 Å². The van der Waals surface area contributed by atoms with E-state index in [0.29, 0.717) is 16.8 Å². The van der Waals surface area contributed by atoms with Gasteiger partial charge in [0.05, 0.1) is 5.69 Å². The van der Waals surface area contributed by atoms with E-state index in [1.54, 1.807) is 36.6 Å². The number of hydrogen-bond donors (Lipinski definition) is 2. The third kappa shape index (κ3) is 3.93. The largest absolute Gasteiger partial charge is 0.478 e. The number of anilines is 1. The van der Waals surface area contributed by atoms with Crippen LogP contribution in [0.1, 0.15) is 11.1 Å². The average Bonchev–Trinajstić information content (AvgIpc) is 2.94. The fraction of sp³-hybridized carbons (Fsp3) is 0.0714. The van der Waals surface area contributed by atoms with Gasteiger partial charge in [0.15, 0.2) is 0 Å². The van der Waals surface area contributed by atoms with Crippen molar-refractivity contribution in [1.82, 2.24) is 0 Å². The fourth-order valence-electron chi connectivity index (χ4n) is 1.68. The molecule has 2 aromatic rings. The van der Waals surface area contributed by atoms with Crippen molar-refractivity contribution in [2.45, 2.75) is 11.1 Å². The number of nitrogens with one attached hydrogen (secondary N) is 1. The first kappa shape index (κ1) is 15.3. The highest BCUT2D eigenvalue weighted by atomic mass is 32.2. The summed E-state index contributed by atoms with van der Waals surface area (Å²) in [7, 11) is -3.57. The third-order valence-corrected chi connectivity index (χ3v) is 5.44. The molecule has 0 fully saturated rings. The average molecular weight is 323 g/mol. The Bertz CT molecular complexity index is 777. The lowest BCUT2D eigenvalue weighted by molar-refractivity contribution is -0.131. The molecule has 21 heavy (non-hydrogen) atoms. The van der Waals surface area contributed by atoms with Crippen molar-refractivity contribution in [3.63, 3.8) is 0 Å². The van der Waals surface area contributed by atoms with Crippen molar-refractivity contribution in [3.05, 3.63) is 52.9 Å². The van der Waals surface area contributed by atoms with Gasteiger partial charge in [-0.25, -0.2) is 13.2 Å². The molecule has 2 N–H and O–H groups in total. The zero-order valence-corrected chi connectivity index (χ0v) is 12.7. The Morgan fingerprint density at radius 1 is 1.33 bits per heavy atom. The molecule has 1 heterocycles. The molecule has 1 aromatic heterocycles. The van der Waals surface area contributed by atoms with Gasteiger partial charge < -0.3 is 5.11 Å². The molecule has 7 heteroatoms. The number of rotatable bonds is 5. The summed E-state index contributed by atoms with van der Waals surface area (Å²) in [5.74, 6) is -1.03. The maximum atomic E-state index is 12.1. The Morgan fingerprint density at radius 2 is 2.10 bits per heavy atom. The van der Waals surface area contributed by atoms with Crippen LogP contribution in [-0.4, -0.2) is 19.5 Å². The van der Waals surface area contributed by atoms with Crippen LogP contribution in [0.4, 0.5) is 5.69 Å². The standard InChI is InChI=1S/C14H13NO4S2/c1-10-9-11(5-7-13(16)17)4-6-12(10)15-21(18,19)14-3-2-8-20-14/h2-9,15H,1H3,(H,16,17). The molecule has 0 spiro atoms. The molecule has 0 radical (unpaired) electrons. The lowest BCUT2D eigenvalue weighted by atomic mass is 10.1. The molecule has 0 saturated carbocycles. The van der Waals surface area contributed by atoms with E-state index in [-0.39, 0.29) is 4.21 Å². The van der Waals surface area contributed by atoms with E-state index in [1.807, 2.05) is 0 Å². The summed E-state index contributed by atoms with van der Waals surface area (Å²) in [6.45, 7) is 1.75. The lowest BCUT2D eigenvalue weighted by Gasteiger charge is -2.09. The first-order valence-electron chi connectivity index (χ1n) is 5.96. The Hall–Kier alpha value is -2.12. The summed E-state index contributed by atoms with van der Waals surface area (Å²) < 4.78 is 27.0. The number of thiophene rings is 1. The maximum Gasteiger partial charge on any atom is 0.328 e. The van der Waals surface area contributed by atoms with E-state index >= 15 is 0 Å². The second-order valence-electron chi connectivity index (χ2n) is 4.28.